The predicted octanol–water partition coefficient (Wildman–Crippen LogP) is 1.46. The molecule has 1 heterocycles. The highest BCUT2D eigenvalue weighted by molar-refractivity contribution is 9.10. The molecular formula is C9H12BrFN2O. The first-order chi connectivity index (χ1) is 6.38. The van der Waals surface area contributed by atoms with Crippen LogP contribution < -0.4 is 5.73 Å². The van der Waals surface area contributed by atoms with Gasteiger partial charge in [-0.3, -0.25) is 0 Å². The lowest BCUT2D eigenvalue weighted by Crippen LogP contribution is -2.38. The van der Waals surface area contributed by atoms with Gasteiger partial charge < -0.3 is 10.8 Å². The van der Waals surface area contributed by atoms with E-state index >= 15 is 0 Å². The van der Waals surface area contributed by atoms with Crippen LogP contribution in [0.5, 0.6) is 0 Å². The minimum Gasteiger partial charge on any atom is -0.394 e. The van der Waals surface area contributed by atoms with Gasteiger partial charge in [0.15, 0.2) is 0 Å². The van der Waals surface area contributed by atoms with Crippen LogP contribution in [0.15, 0.2) is 10.5 Å². The van der Waals surface area contributed by atoms with Crippen molar-refractivity contribution in [1.82, 2.24) is 4.98 Å². The van der Waals surface area contributed by atoms with E-state index in [2.05, 4.69) is 20.9 Å². The van der Waals surface area contributed by atoms with Crippen molar-refractivity contribution >= 4 is 15.9 Å². The van der Waals surface area contributed by atoms with Crippen molar-refractivity contribution in [3.8, 4) is 0 Å². The third kappa shape index (κ3) is 2.10. The zero-order valence-corrected chi connectivity index (χ0v) is 9.60. The molecule has 5 heteroatoms. The van der Waals surface area contributed by atoms with Gasteiger partial charge in [0.25, 0.3) is 0 Å². The summed E-state index contributed by atoms with van der Waals surface area (Å²) in [4.78, 5) is 3.68. The lowest BCUT2D eigenvalue weighted by molar-refractivity contribution is 0.209. The van der Waals surface area contributed by atoms with Crippen LogP contribution in [0, 0.1) is 12.9 Å². The fourth-order valence-corrected chi connectivity index (χ4v) is 1.53. The second-order valence-electron chi connectivity index (χ2n) is 3.47. The number of hydrogen-bond donors (Lipinski definition) is 2. The maximum atomic E-state index is 13.0. The number of halogens is 2. The van der Waals surface area contributed by atoms with E-state index in [0.717, 1.165) is 0 Å². The molecule has 0 aromatic carbocycles. The molecular weight excluding hydrogens is 251 g/mol. The van der Waals surface area contributed by atoms with Gasteiger partial charge in [-0.05, 0) is 41.4 Å². The zero-order valence-electron chi connectivity index (χ0n) is 8.01. The smallest absolute Gasteiger partial charge is 0.227 e. The number of nitrogens with two attached hydrogens (primary N) is 1. The third-order valence-electron chi connectivity index (χ3n) is 2.07. The summed E-state index contributed by atoms with van der Waals surface area (Å²) >= 11 is 3.03. The molecule has 0 fully saturated rings. The van der Waals surface area contributed by atoms with E-state index in [1.807, 2.05) is 0 Å². The van der Waals surface area contributed by atoms with Gasteiger partial charge in [0, 0.05) is 5.69 Å². The minimum absolute atomic E-state index is 0.215. The molecule has 1 unspecified atom stereocenters. The molecule has 0 amide bonds. The van der Waals surface area contributed by atoms with Crippen LogP contribution in [0.1, 0.15) is 18.2 Å². The highest BCUT2D eigenvalue weighted by atomic mass is 79.9. The Morgan fingerprint density at radius 2 is 2.29 bits per heavy atom. The summed E-state index contributed by atoms with van der Waals surface area (Å²) in [7, 11) is 0. The Bertz CT molecular complexity index is 355. The molecule has 0 aliphatic heterocycles. The molecule has 0 bridgehead atoms. The fourth-order valence-electron chi connectivity index (χ4n) is 1.21. The maximum absolute atomic E-state index is 13.0. The van der Waals surface area contributed by atoms with Gasteiger partial charge in [-0.25, -0.2) is 4.98 Å². The molecule has 1 atom stereocenters. The van der Waals surface area contributed by atoms with Gasteiger partial charge >= 0.3 is 0 Å². The lowest BCUT2D eigenvalue weighted by Gasteiger charge is -2.24. The molecule has 1 aromatic rings. The summed E-state index contributed by atoms with van der Waals surface area (Å²) in [6.07, 6.45) is 0. The summed E-state index contributed by atoms with van der Waals surface area (Å²) in [5.41, 5.74) is 6.05. The lowest BCUT2D eigenvalue weighted by atomic mass is 9.93. The van der Waals surface area contributed by atoms with E-state index in [9.17, 15) is 4.39 Å². The number of pyridine rings is 1. The Morgan fingerprint density at radius 1 is 1.71 bits per heavy atom. The Kier molecular flexibility index (Phi) is 3.24. The number of aryl methyl sites for hydroxylation is 1. The molecule has 0 aliphatic carbocycles. The van der Waals surface area contributed by atoms with Gasteiger partial charge in [0.1, 0.15) is 0 Å². The van der Waals surface area contributed by atoms with Crippen molar-refractivity contribution in [3.63, 3.8) is 0 Å². The fraction of sp³-hybridized carbons (Fsp3) is 0.444. The number of nitrogens with zero attached hydrogens (tertiary/aromatic N) is 1. The minimum atomic E-state index is -0.896. The first-order valence-electron chi connectivity index (χ1n) is 4.11. The van der Waals surface area contributed by atoms with Crippen LogP contribution in [0.4, 0.5) is 4.39 Å². The molecule has 14 heavy (non-hydrogen) atoms. The highest BCUT2D eigenvalue weighted by Crippen LogP contribution is 2.24. The largest absolute Gasteiger partial charge is 0.394 e. The van der Waals surface area contributed by atoms with E-state index in [4.69, 9.17) is 10.8 Å². The number of rotatable bonds is 2. The summed E-state index contributed by atoms with van der Waals surface area (Å²) in [6.45, 7) is 3.11. The number of aliphatic hydroxyl groups is 1. The average Bonchev–Trinajstić information content (AvgIpc) is 2.11. The van der Waals surface area contributed by atoms with Crippen molar-refractivity contribution in [1.29, 1.82) is 0 Å². The molecule has 78 valence electrons. The molecule has 0 radical (unpaired) electrons. The summed E-state index contributed by atoms with van der Waals surface area (Å²) in [5, 5.41) is 9.07. The molecule has 0 saturated heterocycles. The first kappa shape index (κ1) is 11.6. The standard InChI is InChI=1S/C9H12BrFN2O/c1-5-6(9(2,12)4-14)3-7(10)8(11)13-5/h3,14H,4,12H2,1-2H3. The molecule has 0 spiro atoms. The van der Waals surface area contributed by atoms with Crippen molar-refractivity contribution in [2.75, 3.05) is 6.61 Å². The highest BCUT2D eigenvalue weighted by Gasteiger charge is 2.24. The van der Waals surface area contributed by atoms with Crippen LogP contribution in [-0.4, -0.2) is 16.7 Å². The summed E-state index contributed by atoms with van der Waals surface area (Å²) in [5.74, 6) is -0.569. The van der Waals surface area contributed by atoms with Crippen molar-refractivity contribution in [2.24, 2.45) is 5.73 Å². The van der Waals surface area contributed by atoms with Crippen LogP contribution >= 0.6 is 15.9 Å². The average molecular weight is 263 g/mol. The monoisotopic (exact) mass is 262 g/mol. The van der Waals surface area contributed by atoms with Gasteiger partial charge in [0.05, 0.1) is 16.6 Å². The Morgan fingerprint density at radius 3 is 2.79 bits per heavy atom. The summed E-state index contributed by atoms with van der Waals surface area (Å²) < 4.78 is 13.2. The molecule has 3 nitrogen and oxygen atoms in total. The molecule has 1 rings (SSSR count). The molecule has 1 aromatic heterocycles. The van der Waals surface area contributed by atoms with E-state index in [-0.39, 0.29) is 11.1 Å². The third-order valence-corrected chi connectivity index (χ3v) is 2.62. The quantitative estimate of drug-likeness (QED) is 0.794. The van der Waals surface area contributed by atoms with Crippen LogP contribution in [0.2, 0.25) is 0 Å². The molecule has 0 saturated carbocycles. The van der Waals surface area contributed by atoms with Crippen molar-refractivity contribution in [2.45, 2.75) is 19.4 Å². The van der Waals surface area contributed by atoms with Crippen LogP contribution in [0.3, 0.4) is 0 Å². The number of aromatic nitrogens is 1. The zero-order chi connectivity index (χ0) is 10.9. The normalized spacial score (nSPS) is 15.3. The van der Waals surface area contributed by atoms with Gasteiger partial charge in [0.2, 0.25) is 5.95 Å². The van der Waals surface area contributed by atoms with E-state index in [0.29, 0.717) is 11.3 Å². The van der Waals surface area contributed by atoms with Gasteiger partial charge in [-0.15, -0.1) is 0 Å². The number of aliphatic hydroxyl groups excluding tert-OH is 1. The van der Waals surface area contributed by atoms with E-state index < -0.39 is 11.5 Å². The SMILES string of the molecule is Cc1nc(F)c(Br)cc1C(C)(N)CO. The van der Waals surface area contributed by atoms with Crippen LogP contribution in [0.25, 0.3) is 0 Å². The van der Waals surface area contributed by atoms with Crippen LogP contribution in [-0.2, 0) is 5.54 Å². The van der Waals surface area contributed by atoms with Crippen molar-refractivity contribution in [3.05, 3.63) is 27.7 Å². The summed E-state index contributed by atoms with van der Waals surface area (Å²) in [6, 6.07) is 1.55. The van der Waals surface area contributed by atoms with Gasteiger partial charge in [-0.2, -0.15) is 4.39 Å². The molecule has 3 N–H and O–H groups in total. The topological polar surface area (TPSA) is 59.1 Å². The second kappa shape index (κ2) is 3.92. The predicted molar refractivity (Wildman–Crippen MR) is 55.3 cm³/mol. The Balaban J connectivity index is 3.29. The van der Waals surface area contributed by atoms with Crippen molar-refractivity contribution < 1.29 is 9.50 Å². The molecule has 0 aliphatic rings. The van der Waals surface area contributed by atoms with Gasteiger partial charge in [-0.1, -0.05) is 0 Å². The Hall–Kier alpha value is -0.520. The maximum Gasteiger partial charge on any atom is 0.227 e. The Labute approximate surface area is 90.3 Å². The second-order valence-corrected chi connectivity index (χ2v) is 4.32. The van der Waals surface area contributed by atoms with E-state index in [1.54, 1.807) is 19.9 Å². The van der Waals surface area contributed by atoms with E-state index in [1.165, 1.54) is 0 Å². The first-order valence-corrected chi connectivity index (χ1v) is 4.90. The number of hydrogen-bond acceptors (Lipinski definition) is 3.